The zero-order chi connectivity index (χ0) is 15.7. The van der Waals surface area contributed by atoms with Crippen LogP contribution in [0.1, 0.15) is 34.0 Å². The monoisotopic (exact) mass is 319 g/mol. The highest BCUT2D eigenvalue weighted by molar-refractivity contribution is 7.21. The molecule has 1 amide bonds. The molecule has 3 N–H and O–H groups in total. The van der Waals surface area contributed by atoms with Gasteiger partial charge in [-0.25, -0.2) is 0 Å². The summed E-state index contributed by atoms with van der Waals surface area (Å²) in [5.41, 5.74) is 2.11. The highest BCUT2D eigenvalue weighted by Crippen LogP contribution is 2.44. The maximum atomic E-state index is 12.2. The number of rotatable bonds is 6. The van der Waals surface area contributed by atoms with E-state index in [4.69, 9.17) is 5.11 Å². The lowest BCUT2D eigenvalue weighted by Crippen LogP contribution is -2.44. The molecule has 0 saturated heterocycles. The summed E-state index contributed by atoms with van der Waals surface area (Å²) in [6.45, 7) is 0.0435. The van der Waals surface area contributed by atoms with Gasteiger partial charge in [0.15, 0.2) is 0 Å². The van der Waals surface area contributed by atoms with E-state index in [1.165, 1.54) is 29.7 Å². The Morgan fingerprint density at radius 3 is 2.91 bits per heavy atom. The minimum Gasteiger partial charge on any atom is -0.480 e. The van der Waals surface area contributed by atoms with Gasteiger partial charge in [0.1, 0.15) is 6.04 Å². The summed E-state index contributed by atoms with van der Waals surface area (Å²) in [6, 6.07) is 3.01. The lowest BCUT2D eigenvalue weighted by molar-refractivity contribution is -0.139. The third kappa shape index (κ3) is 2.95. The van der Waals surface area contributed by atoms with E-state index in [1.54, 1.807) is 19.3 Å². The van der Waals surface area contributed by atoms with Gasteiger partial charge in [-0.3, -0.25) is 14.6 Å². The summed E-state index contributed by atoms with van der Waals surface area (Å²) >= 11 is 1.43. The van der Waals surface area contributed by atoms with Crippen molar-refractivity contribution in [2.24, 2.45) is 0 Å². The summed E-state index contributed by atoms with van der Waals surface area (Å²) < 4.78 is 1.07. The molecule has 0 aliphatic heterocycles. The van der Waals surface area contributed by atoms with Crippen LogP contribution in [-0.2, 0) is 4.79 Å². The number of aliphatic carboxylic acids is 1. The number of carboxylic acid groups (broad SMARTS) is 1. The van der Waals surface area contributed by atoms with Crippen molar-refractivity contribution in [2.45, 2.75) is 24.8 Å². The van der Waals surface area contributed by atoms with Gasteiger partial charge in [0.2, 0.25) is 0 Å². The second-order valence-corrected chi connectivity index (χ2v) is 6.44. The molecule has 2 heterocycles. The van der Waals surface area contributed by atoms with E-state index < -0.39 is 12.0 Å². The van der Waals surface area contributed by atoms with Crippen molar-refractivity contribution in [3.63, 3.8) is 0 Å². The predicted octanol–water partition coefficient (Wildman–Crippen LogP) is 1.58. The summed E-state index contributed by atoms with van der Waals surface area (Å²) in [7, 11) is 1.55. The van der Waals surface area contributed by atoms with Gasteiger partial charge in [0, 0.05) is 12.7 Å². The minimum atomic E-state index is -0.989. The topological polar surface area (TPSA) is 91.3 Å². The highest BCUT2D eigenvalue weighted by atomic mass is 32.1. The Hall–Kier alpha value is -1.99. The number of fused-ring (bicyclic) bond motifs is 1. The smallest absolute Gasteiger partial charge is 0.322 e. The quantitative estimate of drug-likeness (QED) is 0.752. The molecule has 1 aliphatic rings. The van der Waals surface area contributed by atoms with Crippen molar-refractivity contribution in [2.75, 3.05) is 13.6 Å². The second kappa shape index (κ2) is 6.02. The molecule has 0 bridgehead atoms. The average Bonchev–Trinajstić information content (AvgIpc) is 3.24. The van der Waals surface area contributed by atoms with Gasteiger partial charge < -0.3 is 15.7 Å². The van der Waals surface area contributed by atoms with Crippen LogP contribution in [0.15, 0.2) is 18.3 Å². The van der Waals surface area contributed by atoms with Gasteiger partial charge in [-0.05, 0) is 43.5 Å². The molecule has 2 aromatic heterocycles. The molecule has 0 radical (unpaired) electrons. The molecule has 0 spiro atoms. The first-order valence-corrected chi connectivity index (χ1v) is 7.98. The Labute approximate surface area is 131 Å². The fourth-order valence-electron chi connectivity index (χ4n) is 2.38. The molecule has 2 aromatic rings. The lowest BCUT2D eigenvalue weighted by Gasteiger charge is -2.11. The standard InChI is InChI=1S/C15H17N3O3S/c1-16-11(15(20)21)7-18-14(19)12-6-10-13(22-12)9(4-5-17-10)8-2-3-8/h4-6,8,11,16H,2-3,7H2,1H3,(H,18,19)(H,20,21). The van der Waals surface area contributed by atoms with Crippen molar-refractivity contribution in [1.82, 2.24) is 15.6 Å². The van der Waals surface area contributed by atoms with Crippen molar-refractivity contribution >= 4 is 33.4 Å². The maximum Gasteiger partial charge on any atom is 0.322 e. The number of hydrogen-bond donors (Lipinski definition) is 3. The van der Waals surface area contributed by atoms with Crippen molar-refractivity contribution in [3.8, 4) is 0 Å². The first-order chi connectivity index (χ1) is 10.6. The summed E-state index contributed by atoms with van der Waals surface area (Å²) in [5.74, 6) is -0.649. The Morgan fingerprint density at radius 2 is 2.27 bits per heavy atom. The van der Waals surface area contributed by atoms with Crippen molar-refractivity contribution < 1.29 is 14.7 Å². The SMILES string of the molecule is CNC(CNC(=O)c1cc2nccc(C3CC3)c2s1)C(=O)O. The van der Waals surface area contributed by atoms with E-state index in [-0.39, 0.29) is 12.5 Å². The Balaban J connectivity index is 1.77. The molecule has 116 valence electrons. The summed E-state index contributed by atoms with van der Waals surface area (Å²) in [5, 5.41) is 14.3. The number of thiophene rings is 1. The third-order valence-electron chi connectivity index (χ3n) is 3.80. The lowest BCUT2D eigenvalue weighted by atomic mass is 10.1. The first kappa shape index (κ1) is 14.9. The van der Waals surface area contributed by atoms with E-state index in [2.05, 4.69) is 15.6 Å². The van der Waals surface area contributed by atoms with Crippen LogP contribution in [0.4, 0.5) is 0 Å². The number of aromatic nitrogens is 1. The van der Waals surface area contributed by atoms with E-state index in [9.17, 15) is 9.59 Å². The molecule has 1 fully saturated rings. The zero-order valence-electron chi connectivity index (χ0n) is 12.1. The van der Waals surface area contributed by atoms with E-state index in [0.29, 0.717) is 10.8 Å². The predicted molar refractivity (Wildman–Crippen MR) is 84.4 cm³/mol. The van der Waals surface area contributed by atoms with Crippen molar-refractivity contribution in [3.05, 3.63) is 28.8 Å². The van der Waals surface area contributed by atoms with Crippen LogP contribution in [0.2, 0.25) is 0 Å². The number of nitrogens with one attached hydrogen (secondary N) is 2. The normalized spacial score (nSPS) is 15.7. The molecular formula is C15H17N3O3S. The second-order valence-electron chi connectivity index (χ2n) is 5.39. The van der Waals surface area contributed by atoms with Gasteiger partial charge >= 0.3 is 5.97 Å². The Bertz CT molecular complexity index is 724. The Morgan fingerprint density at radius 1 is 1.50 bits per heavy atom. The molecule has 1 unspecified atom stereocenters. The van der Waals surface area contributed by atoms with Crippen LogP contribution in [0, 0.1) is 0 Å². The van der Waals surface area contributed by atoms with Crippen LogP contribution in [0.25, 0.3) is 10.2 Å². The molecule has 1 atom stereocenters. The van der Waals surface area contributed by atoms with Gasteiger partial charge in [0.05, 0.1) is 15.1 Å². The number of hydrogen-bond acceptors (Lipinski definition) is 5. The molecule has 7 heteroatoms. The van der Waals surface area contributed by atoms with Crippen LogP contribution in [-0.4, -0.2) is 41.6 Å². The molecule has 0 aromatic carbocycles. The van der Waals surface area contributed by atoms with Crippen LogP contribution in [0.3, 0.4) is 0 Å². The molecule has 3 rings (SSSR count). The zero-order valence-corrected chi connectivity index (χ0v) is 12.9. The fourth-order valence-corrected chi connectivity index (χ4v) is 3.50. The number of carbonyl (C=O) groups excluding carboxylic acids is 1. The number of carboxylic acids is 1. The average molecular weight is 319 g/mol. The summed E-state index contributed by atoms with van der Waals surface area (Å²) in [6.07, 6.45) is 4.17. The van der Waals surface area contributed by atoms with E-state index in [1.807, 2.05) is 6.07 Å². The first-order valence-electron chi connectivity index (χ1n) is 7.17. The minimum absolute atomic E-state index is 0.0435. The molecule has 6 nitrogen and oxygen atoms in total. The number of nitrogens with zero attached hydrogens (tertiary/aromatic N) is 1. The number of amides is 1. The van der Waals surface area contributed by atoms with E-state index >= 15 is 0 Å². The van der Waals surface area contributed by atoms with Crippen LogP contribution < -0.4 is 10.6 Å². The maximum absolute atomic E-state index is 12.2. The molecular weight excluding hydrogens is 302 g/mol. The largest absolute Gasteiger partial charge is 0.480 e. The van der Waals surface area contributed by atoms with Gasteiger partial charge in [0.25, 0.3) is 5.91 Å². The van der Waals surface area contributed by atoms with Gasteiger partial charge in [-0.15, -0.1) is 11.3 Å². The van der Waals surface area contributed by atoms with Gasteiger partial charge in [-0.2, -0.15) is 0 Å². The van der Waals surface area contributed by atoms with E-state index in [0.717, 1.165) is 10.2 Å². The highest BCUT2D eigenvalue weighted by Gasteiger charge is 2.27. The summed E-state index contributed by atoms with van der Waals surface area (Å²) in [4.78, 5) is 28.0. The van der Waals surface area contributed by atoms with Crippen molar-refractivity contribution in [1.29, 1.82) is 0 Å². The van der Waals surface area contributed by atoms with Crippen LogP contribution >= 0.6 is 11.3 Å². The number of likely N-dealkylation sites (N-methyl/N-ethyl adjacent to an activating group) is 1. The fraction of sp³-hybridized carbons (Fsp3) is 0.400. The molecule has 22 heavy (non-hydrogen) atoms. The number of pyridine rings is 1. The number of carbonyl (C=O) groups is 2. The van der Waals surface area contributed by atoms with Gasteiger partial charge in [-0.1, -0.05) is 0 Å². The molecule has 1 saturated carbocycles. The Kier molecular flexibility index (Phi) is 4.08. The molecule has 1 aliphatic carbocycles. The van der Waals surface area contributed by atoms with Crippen LogP contribution in [0.5, 0.6) is 0 Å². The third-order valence-corrected chi connectivity index (χ3v) is 4.97.